The average Bonchev–Trinajstić information content (AvgIpc) is 3.37. The zero-order valence-corrected chi connectivity index (χ0v) is 47.0. The van der Waals surface area contributed by atoms with E-state index in [9.17, 15) is 30.3 Å². The maximum Gasteiger partial charge on any atom is 0.220 e. The minimum absolute atomic E-state index is 0.169. The minimum Gasteiger partial charge on any atom is -0.394 e. The van der Waals surface area contributed by atoms with Gasteiger partial charge in [-0.1, -0.05) is 309 Å². The molecule has 0 aromatic rings. The maximum absolute atomic E-state index is 13.1. The largest absolute Gasteiger partial charge is 0.394 e. The number of amides is 1. The van der Waals surface area contributed by atoms with Crippen molar-refractivity contribution in [2.45, 2.75) is 365 Å². The van der Waals surface area contributed by atoms with Gasteiger partial charge in [0.2, 0.25) is 5.91 Å². The Morgan fingerprint density at radius 2 is 0.775 bits per heavy atom. The topological polar surface area (TPSA) is 149 Å². The number of aliphatic hydroxyl groups excluding tert-OH is 5. The van der Waals surface area contributed by atoms with Gasteiger partial charge in [0, 0.05) is 6.42 Å². The molecular weight excluding hydrogens is 887 g/mol. The molecule has 1 aliphatic rings. The Morgan fingerprint density at radius 1 is 0.465 bits per heavy atom. The molecule has 9 nitrogen and oxygen atoms in total. The minimum atomic E-state index is -1.56. The molecule has 0 aromatic carbocycles. The van der Waals surface area contributed by atoms with E-state index < -0.39 is 49.5 Å². The summed E-state index contributed by atoms with van der Waals surface area (Å²) in [6, 6.07) is -0.801. The van der Waals surface area contributed by atoms with Crippen molar-refractivity contribution >= 4 is 5.91 Å². The van der Waals surface area contributed by atoms with Crippen LogP contribution >= 0.6 is 0 Å². The van der Waals surface area contributed by atoms with Crippen molar-refractivity contribution < 1.29 is 39.8 Å². The first-order chi connectivity index (χ1) is 34.8. The monoisotopic (exact) mass is 1010 g/mol. The van der Waals surface area contributed by atoms with Crippen molar-refractivity contribution in [3.8, 4) is 0 Å². The second-order valence-corrected chi connectivity index (χ2v) is 22.2. The summed E-state index contributed by atoms with van der Waals surface area (Å²) in [4.78, 5) is 13.1. The molecule has 1 aliphatic heterocycles. The van der Waals surface area contributed by atoms with Crippen molar-refractivity contribution in [1.82, 2.24) is 5.32 Å². The van der Waals surface area contributed by atoms with Crippen LogP contribution in [0.15, 0.2) is 12.2 Å². The lowest BCUT2D eigenvalue weighted by Gasteiger charge is -2.40. The van der Waals surface area contributed by atoms with Gasteiger partial charge in [0.1, 0.15) is 24.4 Å². The average molecular weight is 1010 g/mol. The predicted molar refractivity (Wildman–Crippen MR) is 300 cm³/mol. The fourth-order valence-electron chi connectivity index (χ4n) is 10.4. The van der Waals surface area contributed by atoms with Crippen molar-refractivity contribution in [3.05, 3.63) is 12.2 Å². The Balaban J connectivity index is 2.17. The SMILES string of the molecule is CCCCCCCCCCCCCCCCCCCCCCCCCCCC/C=C/C(O)C(COC1OC(CO)C(O)C(O)C1O)NC(=O)CCCCCCCCCCCCCCCCCCCCCC. The van der Waals surface area contributed by atoms with Gasteiger partial charge in [-0.05, 0) is 19.3 Å². The van der Waals surface area contributed by atoms with Crippen LogP contribution in [0.5, 0.6) is 0 Å². The molecule has 0 bridgehead atoms. The van der Waals surface area contributed by atoms with E-state index in [1.165, 1.54) is 263 Å². The Morgan fingerprint density at radius 3 is 1.10 bits per heavy atom. The number of unbranched alkanes of at least 4 members (excludes halogenated alkanes) is 45. The molecule has 6 N–H and O–H groups in total. The number of aliphatic hydroxyl groups is 5. The molecule has 0 aromatic heterocycles. The van der Waals surface area contributed by atoms with Gasteiger partial charge in [-0.25, -0.2) is 0 Å². The zero-order valence-electron chi connectivity index (χ0n) is 47.0. The number of rotatable bonds is 55. The highest BCUT2D eigenvalue weighted by Gasteiger charge is 2.44. The second kappa shape index (κ2) is 52.4. The molecule has 0 radical (unpaired) electrons. The highest BCUT2D eigenvalue weighted by atomic mass is 16.7. The first-order valence-electron chi connectivity index (χ1n) is 31.4. The van der Waals surface area contributed by atoms with Gasteiger partial charge in [-0.3, -0.25) is 4.79 Å². The third-order valence-electron chi connectivity index (χ3n) is 15.4. The summed E-state index contributed by atoms with van der Waals surface area (Å²) in [6.07, 6.45) is 58.6. The fourth-order valence-corrected chi connectivity index (χ4v) is 10.4. The summed E-state index contributed by atoms with van der Waals surface area (Å²) in [5.41, 5.74) is 0. The smallest absolute Gasteiger partial charge is 0.220 e. The fraction of sp³-hybridized carbons (Fsp3) is 0.952. The molecule has 1 saturated heterocycles. The van der Waals surface area contributed by atoms with E-state index in [0.717, 1.165) is 38.5 Å². The highest BCUT2D eigenvalue weighted by molar-refractivity contribution is 5.76. The Labute approximate surface area is 439 Å². The number of hydrogen-bond donors (Lipinski definition) is 6. The molecule has 1 rings (SSSR count). The number of nitrogens with one attached hydrogen (secondary N) is 1. The van der Waals surface area contributed by atoms with Gasteiger partial charge >= 0.3 is 0 Å². The molecule has 422 valence electrons. The van der Waals surface area contributed by atoms with Crippen LogP contribution in [0.2, 0.25) is 0 Å². The summed E-state index contributed by atoms with van der Waals surface area (Å²) in [6.45, 7) is 3.83. The lowest BCUT2D eigenvalue weighted by atomic mass is 9.99. The molecule has 0 saturated carbocycles. The van der Waals surface area contributed by atoms with Crippen LogP contribution in [0.1, 0.15) is 322 Å². The van der Waals surface area contributed by atoms with E-state index in [4.69, 9.17) is 9.47 Å². The Hall–Kier alpha value is -1.07. The molecule has 0 aliphatic carbocycles. The molecule has 1 heterocycles. The first-order valence-corrected chi connectivity index (χ1v) is 31.4. The van der Waals surface area contributed by atoms with E-state index in [1.807, 2.05) is 6.08 Å². The van der Waals surface area contributed by atoms with Gasteiger partial charge in [0.15, 0.2) is 6.29 Å². The van der Waals surface area contributed by atoms with E-state index in [0.29, 0.717) is 6.42 Å². The quantitative estimate of drug-likeness (QED) is 0.0261. The van der Waals surface area contributed by atoms with Crippen LogP contribution in [0.3, 0.4) is 0 Å². The van der Waals surface area contributed by atoms with Crippen molar-refractivity contribution in [3.63, 3.8) is 0 Å². The van der Waals surface area contributed by atoms with E-state index in [2.05, 4.69) is 19.2 Å². The van der Waals surface area contributed by atoms with Crippen LogP contribution < -0.4 is 5.32 Å². The molecular formula is C62H121NO8. The zero-order chi connectivity index (χ0) is 51.5. The summed E-state index contributed by atoms with van der Waals surface area (Å²) < 4.78 is 11.3. The lowest BCUT2D eigenvalue weighted by molar-refractivity contribution is -0.302. The molecule has 1 fully saturated rings. The van der Waals surface area contributed by atoms with Gasteiger partial charge in [-0.2, -0.15) is 0 Å². The molecule has 9 heteroatoms. The van der Waals surface area contributed by atoms with E-state index >= 15 is 0 Å². The molecule has 7 unspecified atom stereocenters. The van der Waals surface area contributed by atoms with Crippen LogP contribution in [0.25, 0.3) is 0 Å². The van der Waals surface area contributed by atoms with E-state index in [-0.39, 0.29) is 12.5 Å². The molecule has 7 atom stereocenters. The van der Waals surface area contributed by atoms with Crippen LogP contribution in [-0.4, -0.2) is 87.5 Å². The van der Waals surface area contributed by atoms with Crippen LogP contribution in [-0.2, 0) is 14.3 Å². The van der Waals surface area contributed by atoms with Crippen LogP contribution in [0.4, 0.5) is 0 Å². The number of carbonyl (C=O) groups excluding carboxylic acids is 1. The summed E-state index contributed by atoms with van der Waals surface area (Å²) in [7, 11) is 0. The summed E-state index contributed by atoms with van der Waals surface area (Å²) in [5.74, 6) is -0.169. The second-order valence-electron chi connectivity index (χ2n) is 22.2. The van der Waals surface area contributed by atoms with Crippen LogP contribution in [0, 0.1) is 0 Å². The Bertz CT molecular complexity index is 1120. The lowest BCUT2D eigenvalue weighted by Crippen LogP contribution is -2.60. The third kappa shape index (κ3) is 41.8. The summed E-state index contributed by atoms with van der Waals surface area (Å²) in [5, 5.41) is 54.6. The number of carbonyl (C=O) groups is 1. The third-order valence-corrected chi connectivity index (χ3v) is 15.4. The van der Waals surface area contributed by atoms with Gasteiger partial charge in [0.25, 0.3) is 0 Å². The standard InChI is InChI=1S/C62H121NO8/c1-3-5-7-9-11-13-15-17-19-21-23-25-26-27-28-29-30-31-32-33-35-37-39-41-43-45-47-49-51-56(65)55(54-70-62-61(69)60(68)59(67)57(53-64)71-62)63-58(66)52-50-48-46-44-42-40-38-36-34-24-22-20-18-16-14-12-10-8-6-4-2/h49,51,55-57,59-62,64-65,67-69H,3-48,50,52-54H2,1-2H3,(H,63,66)/b51-49+. The number of allylic oxidation sites excluding steroid dienone is 1. The van der Waals surface area contributed by atoms with Gasteiger partial charge < -0.3 is 40.3 Å². The molecule has 0 spiro atoms. The van der Waals surface area contributed by atoms with Crippen molar-refractivity contribution in [2.24, 2.45) is 0 Å². The van der Waals surface area contributed by atoms with Gasteiger partial charge in [-0.15, -0.1) is 0 Å². The molecule has 1 amide bonds. The first kappa shape index (κ1) is 67.9. The molecule has 71 heavy (non-hydrogen) atoms. The Kier molecular flexibility index (Phi) is 50.1. The van der Waals surface area contributed by atoms with Crippen molar-refractivity contribution in [2.75, 3.05) is 13.2 Å². The number of ether oxygens (including phenoxy) is 2. The normalized spacial score (nSPS) is 19.2. The summed E-state index contributed by atoms with van der Waals surface area (Å²) >= 11 is 0. The maximum atomic E-state index is 13.1. The van der Waals surface area contributed by atoms with E-state index in [1.54, 1.807) is 6.08 Å². The van der Waals surface area contributed by atoms with Gasteiger partial charge in [0.05, 0.1) is 25.4 Å². The predicted octanol–water partition coefficient (Wildman–Crippen LogP) is 16.0. The number of hydrogen-bond acceptors (Lipinski definition) is 8. The highest BCUT2D eigenvalue weighted by Crippen LogP contribution is 2.23. The van der Waals surface area contributed by atoms with Crippen molar-refractivity contribution in [1.29, 1.82) is 0 Å².